The third kappa shape index (κ3) is 2.67. The molecular weight excluding hydrogens is 272 g/mol. The highest BCUT2D eigenvalue weighted by molar-refractivity contribution is 6.30. The van der Waals surface area contributed by atoms with Gasteiger partial charge in [-0.15, -0.1) is 0 Å². The van der Waals surface area contributed by atoms with Crippen LogP contribution in [-0.4, -0.2) is 21.5 Å². The lowest BCUT2D eigenvalue weighted by Gasteiger charge is -2.25. The summed E-state index contributed by atoms with van der Waals surface area (Å²) in [6.07, 6.45) is 6.90. The molecule has 0 spiro atoms. The molecule has 1 unspecified atom stereocenters. The lowest BCUT2D eigenvalue weighted by molar-refractivity contribution is 0.464. The van der Waals surface area contributed by atoms with Crippen LogP contribution in [0.2, 0.25) is 5.02 Å². The van der Waals surface area contributed by atoms with Crippen LogP contribution in [-0.2, 0) is 6.42 Å². The van der Waals surface area contributed by atoms with Crippen LogP contribution in [0.5, 0.6) is 0 Å². The number of halogens is 1. The number of pyridine rings is 1. The van der Waals surface area contributed by atoms with Gasteiger partial charge < -0.3 is 5.32 Å². The topological polar surface area (TPSA) is 50.7 Å². The quantitative estimate of drug-likeness (QED) is 0.942. The molecule has 1 aliphatic rings. The maximum atomic E-state index is 5.86. The molecule has 3 rings (SSSR count). The predicted molar refractivity (Wildman–Crippen MR) is 79.6 cm³/mol. The highest BCUT2D eigenvalue weighted by Gasteiger charge is 2.21. The Hall–Kier alpha value is -1.52. The SMILES string of the molecule is CCNC1CCCc2nc(-c3ccc(Cl)cn3)ncc21. The fraction of sp³-hybridized carbons (Fsp3) is 0.400. The van der Waals surface area contributed by atoms with E-state index in [1.54, 1.807) is 6.20 Å². The van der Waals surface area contributed by atoms with Gasteiger partial charge in [0.15, 0.2) is 5.82 Å². The zero-order chi connectivity index (χ0) is 13.9. The third-order valence-electron chi connectivity index (χ3n) is 3.59. The zero-order valence-electron chi connectivity index (χ0n) is 11.4. The molecule has 2 aromatic rings. The summed E-state index contributed by atoms with van der Waals surface area (Å²) in [6, 6.07) is 4.05. The van der Waals surface area contributed by atoms with Crippen LogP contribution in [0.15, 0.2) is 24.5 Å². The van der Waals surface area contributed by atoms with Crippen LogP contribution in [0.3, 0.4) is 0 Å². The summed E-state index contributed by atoms with van der Waals surface area (Å²) in [4.78, 5) is 13.4. The van der Waals surface area contributed by atoms with E-state index in [1.807, 2.05) is 18.3 Å². The molecule has 2 aromatic heterocycles. The molecule has 0 radical (unpaired) electrons. The first kappa shape index (κ1) is 13.5. The van der Waals surface area contributed by atoms with Crippen LogP contribution in [0, 0.1) is 0 Å². The summed E-state index contributed by atoms with van der Waals surface area (Å²) in [7, 11) is 0. The monoisotopic (exact) mass is 288 g/mol. The maximum absolute atomic E-state index is 5.86. The van der Waals surface area contributed by atoms with Crippen LogP contribution in [0.1, 0.15) is 37.1 Å². The van der Waals surface area contributed by atoms with E-state index >= 15 is 0 Å². The van der Waals surface area contributed by atoms with Gasteiger partial charge in [0.2, 0.25) is 0 Å². The number of nitrogens with zero attached hydrogens (tertiary/aromatic N) is 3. The largest absolute Gasteiger partial charge is 0.310 e. The Labute approximate surface area is 123 Å². The molecule has 20 heavy (non-hydrogen) atoms. The zero-order valence-corrected chi connectivity index (χ0v) is 12.2. The number of nitrogens with one attached hydrogen (secondary N) is 1. The van der Waals surface area contributed by atoms with Gasteiger partial charge in [0.25, 0.3) is 0 Å². The highest BCUT2D eigenvalue weighted by atomic mass is 35.5. The van der Waals surface area contributed by atoms with Crippen molar-refractivity contribution in [3.05, 3.63) is 40.8 Å². The summed E-state index contributed by atoms with van der Waals surface area (Å²) in [5, 5.41) is 4.12. The Bertz CT molecular complexity index is 597. The maximum Gasteiger partial charge on any atom is 0.178 e. The smallest absolute Gasteiger partial charge is 0.178 e. The van der Waals surface area contributed by atoms with E-state index in [0.29, 0.717) is 16.9 Å². The number of aryl methyl sites for hydroxylation is 1. The fourth-order valence-electron chi connectivity index (χ4n) is 2.64. The van der Waals surface area contributed by atoms with E-state index < -0.39 is 0 Å². The average Bonchev–Trinajstić information content (AvgIpc) is 2.48. The molecule has 5 heteroatoms. The van der Waals surface area contributed by atoms with Gasteiger partial charge >= 0.3 is 0 Å². The molecule has 4 nitrogen and oxygen atoms in total. The summed E-state index contributed by atoms with van der Waals surface area (Å²) >= 11 is 5.86. The van der Waals surface area contributed by atoms with Crippen molar-refractivity contribution in [3.8, 4) is 11.5 Å². The van der Waals surface area contributed by atoms with Gasteiger partial charge in [-0.05, 0) is 37.9 Å². The highest BCUT2D eigenvalue weighted by Crippen LogP contribution is 2.29. The standard InChI is InChI=1S/C15H17ClN4/c1-2-17-12-4-3-5-13-11(12)9-19-15(20-13)14-7-6-10(16)8-18-14/h6-9,12,17H,2-5H2,1H3. The first-order valence-corrected chi connectivity index (χ1v) is 7.37. The van der Waals surface area contributed by atoms with Gasteiger partial charge in [-0.25, -0.2) is 9.97 Å². The lowest BCUT2D eigenvalue weighted by atomic mass is 9.92. The Morgan fingerprint density at radius 3 is 2.95 bits per heavy atom. The minimum absolute atomic E-state index is 0.385. The van der Waals surface area contributed by atoms with Crippen molar-refractivity contribution in [2.45, 2.75) is 32.2 Å². The first-order valence-electron chi connectivity index (χ1n) is 6.99. The molecule has 0 saturated carbocycles. The van der Waals surface area contributed by atoms with Gasteiger partial charge in [-0.2, -0.15) is 0 Å². The predicted octanol–water partition coefficient (Wildman–Crippen LogP) is 3.18. The fourth-order valence-corrected chi connectivity index (χ4v) is 2.75. The third-order valence-corrected chi connectivity index (χ3v) is 3.81. The molecule has 0 amide bonds. The van der Waals surface area contributed by atoms with Crippen molar-refractivity contribution in [2.24, 2.45) is 0 Å². The molecule has 0 bridgehead atoms. The van der Waals surface area contributed by atoms with Crippen molar-refractivity contribution in [1.29, 1.82) is 0 Å². The van der Waals surface area contributed by atoms with Crippen LogP contribution in [0.25, 0.3) is 11.5 Å². The molecule has 1 N–H and O–H groups in total. The Morgan fingerprint density at radius 2 is 2.20 bits per heavy atom. The normalized spacial score (nSPS) is 17.8. The molecule has 1 atom stereocenters. The van der Waals surface area contributed by atoms with E-state index in [1.165, 1.54) is 5.56 Å². The second-order valence-electron chi connectivity index (χ2n) is 4.96. The number of hydrogen-bond donors (Lipinski definition) is 1. The summed E-state index contributed by atoms with van der Waals surface area (Å²) < 4.78 is 0. The van der Waals surface area contributed by atoms with Gasteiger partial charge in [0.05, 0.1) is 5.02 Å². The van der Waals surface area contributed by atoms with Gasteiger partial charge in [0, 0.05) is 29.7 Å². The molecule has 1 aliphatic carbocycles. The van der Waals surface area contributed by atoms with E-state index in [4.69, 9.17) is 11.6 Å². The van der Waals surface area contributed by atoms with Crippen LogP contribution >= 0.6 is 11.6 Å². The summed E-state index contributed by atoms with van der Waals surface area (Å²) in [5.74, 6) is 0.678. The summed E-state index contributed by atoms with van der Waals surface area (Å²) in [5.41, 5.74) is 3.14. The average molecular weight is 289 g/mol. The number of fused-ring (bicyclic) bond motifs is 1. The van der Waals surface area contributed by atoms with E-state index in [2.05, 4.69) is 27.2 Å². The van der Waals surface area contributed by atoms with Crippen molar-refractivity contribution in [1.82, 2.24) is 20.3 Å². The van der Waals surface area contributed by atoms with Crippen molar-refractivity contribution in [3.63, 3.8) is 0 Å². The number of hydrogen-bond acceptors (Lipinski definition) is 4. The molecular formula is C15H17ClN4. The number of aromatic nitrogens is 3. The number of rotatable bonds is 3. The molecule has 0 fully saturated rings. The van der Waals surface area contributed by atoms with E-state index in [-0.39, 0.29) is 0 Å². The second kappa shape index (κ2) is 5.85. The first-order chi connectivity index (χ1) is 9.78. The lowest BCUT2D eigenvalue weighted by Crippen LogP contribution is -2.25. The van der Waals surface area contributed by atoms with E-state index in [9.17, 15) is 0 Å². The molecule has 0 aromatic carbocycles. The van der Waals surface area contributed by atoms with Crippen LogP contribution < -0.4 is 5.32 Å². The minimum atomic E-state index is 0.385. The van der Waals surface area contributed by atoms with Gasteiger partial charge in [-0.1, -0.05) is 18.5 Å². The molecule has 2 heterocycles. The van der Waals surface area contributed by atoms with Crippen molar-refractivity contribution < 1.29 is 0 Å². The van der Waals surface area contributed by atoms with Crippen molar-refractivity contribution >= 4 is 11.6 Å². The van der Waals surface area contributed by atoms with Crippen LogP contribution in [0.4, 0.5) is 0 Å². The van der Waals surface area contributed by atoms with Gasteiger partial charge in [-0.3, -0.25) is 4.98 Å². The molecule has 0 saturated heterocycles. The molecule has 104 valence electrons. The molecule has 0 aliphatic heterocycles. The van der Waals surface area contributed by atoms with Gasteiger partial charge in [0.1, 0.15) is 5.69 Å². The second-order valence-corrected chi connectivity index (χ2v) is 5.40. The van der Waals surface area contributed by atoms with E-state index in [0.717, 1.165) is 37.2 Å². The minimum Gasteiger partial charge on any atom is -0.310 e. The van der Waals surface area contributed by atoms with Crippen molar-refractivity contribution in [2.75, 3.05) is 6.54 Å². The Balaban J connectivity index is 1.94. The Kier molecular flexibility index (Phi) is 3.94. The summed E-state index contributed by atoms with van der Waals surface area (Å²) in [6.45, 7) is 3.09. The Morgan fingerprint density at radius 1 is 1.30 bits per heavy atom.